The molecule has 1 N–H and O–H groups in total. The second kappa shape index (κ2) is 8.60. The van der Waals surface area contributed by atoms with Gasteiger partial charge in [0, 0.05) is 32.7 Å². The van der Waals surface area contributed by atoms with Crippen molar-refractivity contribution in [3.8, 4) is 0 Å². The molecule has 1 amide bonds. The van der Waals surface area contributed by atoms with E-state index in [1.54, 1.807) is 18.2 Å². The third kappa shape index (κ3) is 4.90. The molecule has 1 fully saturated rings. The van der Waals surface area contributed by atoms with Crippen LogP contribution in [0.5, 0.6) is 0 Å². The molecule has 0 aliphatic carbocycles. The van der Waals surface area contributed by atoms with E-state index < -0.39 is 10.0 Å². The molecule has 0 radical (unpaired) electrons. The number of benzene rings is 1. The van der Waals surface area contributed by atoms with Crippen molar-refractivity contribution in [2.24, 2.45) is 0 Å². The summed E-state index contributed by atoms with van der Waals surface area (Å²) in [5.74, 6) is -0.0604. The van der Waals surface area contributed by atoms with Gasteiger partial charge in [-0.25, -0.2) is 8.42 Å². The maximum absolute atomic E-state index is 12.8. The van der Waals surface area contributed by atoms with Gasteiger partial charge in [0.1, 0.15) is 0 Å². The molecule has 0 saturated carbocycles. The van der Waals surface area contributed by atoms with E-state index >= 15 is 0 Å². The van der Waals surface area contributed by atoms with Crippen molar-refractivity contribution < 1.29 is 13.2 Å². The number of nitrogens with one attached hydrogen (secondary N) is 1. The molecular formula is C18H27N3O3S. The highest BCUT2D eigenvalue weighted by Crippen LogP contribution is 2.19. The van der Waals surface area contributed by atoms with Crippen LogP contribution in [0.15, 0.2) is 41.8 Å². The van der Waals surface area contributed by atoms with Gasteiger partial charge in [-0.1, -0.05) is 23.8 Å². The average Bonchev–Trinajstić information content (AvgIpc) is 2.86. The van der Waals surface area contributed by atoms with Crippen molar-refractivity contribution in [1.29, 1.82) is 0 Å². The summed E-state index contributed by atoms with van der Waals surface area (Å²) in [6, 6.07) is 6.63. The Balaban J connectivity index is 2.04. The molecule has 2 rings (SSSR count). The van der Waals surface area contributed by atoms with E-state index in [2.05, 4.69) is 11.9 Å². The van der Waals surface area contributed by atoms with Crippen molar-refractivity contribution >= 4 is 15.9 Å². The fourth-order valence-electron chi connectivity index (χ4n) is 2.89. The zero-order chi connectivity index (χ0) is 18.4. The monoisotopic (exact) mass is 365 g/mol. The normalized spacial score (nSPS) is 18.3. The molecule has 0 aromatic heterocycles. The Morgan fingerprint density at radius 3 is 2.56 bits per heavy atom. The molecule has 0 unspecified atom stereocenters. The molecule has 0 spiro atoms. The van der Waals surface area contributed by atoms with E-state index in [0.29, 0.717) is 44.0 Å². The van der Waals surface area contributed by atoms with Crippen LogP contribution in [0.2, 0.25) is 0 Å². The Labute approximate surface area is 150 Å². The van der Waals surface area contributed by atoms with Crippen LogP contribution in [-0.4, -0.2) is 62.3 Å². The lowest BCUT2D eigenvalue weighted by Gasteiger charge is -2.26. The second-order valence-corrected chi connectivity index (χ2v) is 8.25. The van der Waals surface area contributed by atoms with Gasteiger partial charge in [0.25, 0.3) is 0 Å². The topological polar surface area (TPSA) is 69.7 Å². The highest BCUT2D eigenvalue weighted by Gasteiger charge is 2.29. The van der Waals surface area contributed by atoms with E-state index in [-0.39, 0.29) is 11.9 Å². The van der Waals surface area contributed by atoms with Crippen LogP contribution in [0.25, 0.3) is 0 Å². The van der Waals surface area contributed by atoms with Gasteiger partial charge in [0.15, 0.2) is 0 Å². The Morgan fingerprint density at radius 1 is 1.24 bits per heavy atom. The molecule has 6 nitrogen and oxygen atoms in total. The highest BCUT2D eigenvalue weighted by atomic mass is 32.2. The predicted octanol–water partition coefficient (Wildman–Crippen LogP) is 1.38. The first-order valence-corrected chi connectivity index (χ1v) is 9.99. The molecule has 7 heteroatoms. The third-order valence-electron chi connectivity index (χ3n) is 4.50. The van der Waals surface area contributed by atoms with Gasteiger partial charge in [-0.3, -0.25) is 9.69 Å². The molecule has 25 heavy (non-hydrogen) atoms. The number of carbonyl (C=O) groups is 1. The number of sulfonamides is 1. The minimum Gasteiger partial charge on any atom is -0.351 e. The summed E-state index contributed by atoms with van der Waals surface area (Å²) in [5.41, 5.74) is 1.03. The van der Waals surface area contributed by atoms with E-state index in [4.69, 9.17) is 0 Å². The minimum absolute atomic E-state index is 0.0604. The van der Waals surface area contributed by atoms with Crippen LogP contribution >= 0.6 is 0 Å². The van der Waals surface area contributed by atoms with Gasteiger partial charge in [0.05, 0.1) is 10.9 Å². The maximum atomic E-state index is 12.8. The van der Waals surface area contributed by atoms with E-state index in [1.807, 2.05) is 30.9 Å². The predicted molar refractivity (Wildman–Crippen MR) is 98.8 cm³/mol. The summed E-state index contributed by atoms with van der Waals surface area (Å²) in [4.78, 5) is 14.5. The zero-order valence-corrected chi connectivity index (χ0v) is 15.8. The molecule has 1 heterocycles. The van der Waals surface area contributed by atoms with Crippen molar-refractivity contribution in [3.63, 3.8) is 0 Å². The van der Waals surface area contributed by atoms with Crippen molar-refractivity contribution in [3.05, 3.63) is 42.5 Å². The first-order chi connectivity index (χ1) is 11.9. The SMILES string of the molecule is C=CCNC(=O)[C@H](C)N1CCCN(S(=O)(=O)c2ccc(C)cc2)CC1. The fraction of sp³-hybridized carbons (Fsp3) is 0.500. The lowest BCUT2D eigenvalue weighted by Crippen LogP contribution is -2.46. The lowest BCUT2D eigenvalue weighted by atomic mass is 10.2. The highest BCUT2D eigenvalue weighted by molar-refractivity contribution is 7.89. The molecule has 1 aliphatic rings. The van der Waals surface area contributed by atoms with Crippen LogP contribution in [0, 0.1) is 6.92 Å². The number of hydrogen-bond donors (Lipinski definition) is 1. The fourth-order valence-corrected chi connectivity index (χ4v) is 4.36. The second-order valence-electron chi connectivity index (χ2n) is 6.32. The summed E-state index contributed by atoms with van der Waals surface area (Å²) in [7, 11) is -3.49. The average molecular weight is 365 g/mol. The lowest BCUT2D eigenvalue weighted by molar-refractivity contribution is -0.125. The number of hydrogen-bond acceptors (Lipinski definition) is 4. The first kappa shape index (κ1) is 19.6. The molecule has 1 aromatic rings. The van der Waals surface area contributed by atoms with Crippen molar-refractivity contribution in [2.75, 3.05) is 32.7 Å². The van der Waals surface area contributed by atoms with Crippen LogP contribution < -0.4 is 5.32 Å². The Kier molecular flexibility index (Phi) is 6.75. The standard InChI is InChI=1S/C18H27N3O3S/c1-4-10-19-18(22)16(3)20-11-5-12-21(14-13-20)25(23,24)17-8-6-15(2)7-9-17/h4,6-9,16H,1,5,10-14H2,2-3H3,(H,19,22)/t16-/m0/s1. The number of amides is 1. The quantitative estimate of drug-likeness (QED) is 0.774. The summed E-state index contributed by atoms with van der Waals surface area (Å²) >= 11 is 0. The Hall–Kier alpha value is -1.70. The van der Waals surface area contributed by atoms with Crippen molar-refractivity contribution in [1.82, 2.24) is 14.5 Å². The van der Waals surface area contributed by atoms with Crippen LogP contribution in [0.4, 0.5) is 0 Å². The van der Waals surface area contributed by atoms with E-state index in [9.17, 15) is 13.2 Å². The van der Waals surface area contributed by atoms with Gasteiger partial charge in [0.2, 0.25) is 15.9 Å². The zero-order valence-electron chi connectivity index (χ0n) is 14.9. The van der Waals surface area contributed by atoms with Gasteiger partial charge in [-0.2, -0.15) is 4.31 Å². The Morgan fingerprint density at radius 2 is 1.92 bits per heavy atom. The minimum atomic E-state index is -3.49. The number of aryl methyl sites for hydroxylation is 1. The molecule has 138 valence electrons. The Bertz CT molecular complexity index is 701. The first-order valence-electron chi connectivity index (χ1n) is 8.55. The number of carbonyl (C=O) groups excluding carboxylic acids is 1. The molecule has 1 saturated heterocycles. The molecule has 0 bridgehead atoms. The summed E-state index contributed by atoms with van der Waals surface area (Å²) < 4.78 is 27.2. The largest absolute Gasteiger partial charge is 0.351 e. The number of nitrogens with zero attached hydrogens (tertiary/aromatic N) is 2. The maximum Gasteiger partial charge on any atom is 0.243 e. The molecular weight excluding hydrogens is 338 g/mol. The number of rotatable bonds is 6. The summed E-state index contributed by atoms with van der Waals surface area (Å²) in [6.45, 7) is 9.89. The smallest absolute Gasteiger partial charge is 0.243 e. The molecule has 1 aliphatic heterocycles. The van der Waals surface area contributed by atoms with E-state index in [1.165, 1.54) is 4.31 Å². The van der Waals surface area contributed by atoms with Gasteiger partial charge in [-0.15, -0.1) is 6.58 Å². The van der Waals surface area contributed by atoms with Crippen LogP contribution in [-0.2, 0) is 14.8 Å². The van der Waals surface area contributed by atoms with Gasteiger partial charge >= 0.3 is 0 Å². The molecule has 1 atom stereocenters. The van der Waals surface area contributed by atoms with Gasteiger partial charge in [-0.05, 0) is 32.4 Å². The third-order valence-corrected chi connectivity index (χ3v) is 6.41. The van der Waals surface area contributed by atoms with Crippen molar-refractivity contribution in [2.45, 2.75) is 31.2 Å². The summed E-state index contributed by atoms with van der Waals surface area (Å²) in [6.07, 6.45) is 2.34. The summed E-state index contributed by atoms with van der Waals surface area (Å²) in [5, 5.41) is 2.79. The van der Waals surface area contributed by atoms with Gasteiger partial charge < -0.3 is 5.32 Å². The van der Waals surface area contributed by atoms with Crippen LogP contribution in [0.1, 0.15) is 18.9 Å². The molecule has 1 aromatic carbocycles. The van der Waals surface area contributed by atoms with E-state index in [0.717, 1.165) is 5.56 Å². The van der Waals surface area contributed by atoms with Crippen LogP contribution in [0.3, 0.4) is 0 Å².